The van der Waals surface area contributed by atoms with Gasteiger partial charge in [-0.15, -0.1) is 0 Å². The fourth-order valence-corrected chi connectivity index (χ4v) is 5.91. The average molecular weight is 500 g/mol. The Morgan fingerprint density at radius 1 is 1.03 bits per heavy atom. The highest BCUT2D eigenvalue weighted by molar-refractivity contribution is 7.89. The SMILES string of the molecule is O=C(CCn1c(=O)oc2cc(S(=O)(=O)N3CCCC3)ccc21)Nc1ccc(N2CCNC2=O)cc1. The van der Waals surface area contributed by atoms with Crippen LogP contribution in [0.2, 0.25) is 0 Å². The number of aromatic nitrogens is 1. The van der Waals surface area contributed by atoms with E-state index < -0.39 is 15.8 Å². The van der Waals surface area contributed by atoms with Crippen molar-refractivity contribution in [1.82, 2.24) is 14.2 Å². The van der Waals surface area contributed by atoms with Gasteiger partial charge in [-0.1, -0.05) is 0 Å². The van der Waals surface area contributed by atoms with Crippen molar-refractivity contribution in [3.63, 3.8) is 0 Å². The van der Waals surface area contributed by atoms with E-state index in [2.05, 4.69) is 10.6 Å². The van der Waals surface area contributed by atoms with Gasteiger partial charge in [0.25, 0.3) is 0 Å². The topological polar surface area (TPSA) is 134 Å². The number of hydrogen-bond acceptors (Lipinski definition) is 6. The van der Waals surface area contributed by atoms with E-state index in [-0.39, 0.29) is 35.4 Å². The normalized spacial score (nSPS) is 16.7. The lowest BCUT2D eigenvalue weighted by Gasteiger charge is -2.15. The van der Waals surface area contributed by atoms with Crippen molar-refractivity contribution in [2.45, 2.75) is 30.7 Å². The second kappa shape index (κ2) is 9.19. The summed E-state index contributed by atoms with van der Waals surface area (Å²) in [6.07, 6.45) is 1.67. The third-order valence-electron chi connectivity index (χ3n) is 6.22. The van der Waals surface area contributed by atoms with Gasteiger partial charge in [0.2, 0.25) is 15.9 Å². The minimum Gasteiger partial charge on any atom is -0.408 e. The van der Waals surface area contributed by atoms with E-state index in [1.165, 1.54) is 27.1 Å². The molecule has 35 heavy (non-hydrogen) atoms. The number of carbonyl (C=O) groups is 2. The van der Waals surface area contributed by atoms with Gasteiger partial charge in [-0.2, -0.15) is 4.31 Å². The van der Waals surface area contributed by atoms with Gasteiger partial charge in [0, 0.05) is 56.6 Å². The molecule has 11 nitrogen and oxygen atoms in total. The van der Waals surface area contributed by atoms with Gasteiger partial charge >= 0.3 is 11.8 Å². The van der Waals surface area contributed by atoms with Crippen LogP contribution >= 0.6 is 0 Å². The lowest BCUT2D eigenvalue weighted by atomic mass is 10.2. The lowest BCUT2D eigenvalue weighted by Crippen LogP contribution is -2.27. The zero-order valence-electron chi connectivity index (χ0n) is 18.9. The van der Waals surface area contributed by atoms with Gasteiger partial charge in [-0.25, -0.2) is 18.0 Å². The van der Waals surface area contributed by atoms with Crippen LogP contribution in [0.15, 0.2) is 56.6 Å². The molecule has 1 aromatic heterocycles. The molecule has 3 heterocycles. The highest BCUT2D eigenvalue weighted by Gasteiger charge is 2.28. The maximum absolute atomic E-state index is 12.8. The second-order valence-electron chi connectivity index (χ2n) is 8.49. The summed E-state index contributed by atoms with van der Waals surface area (Å²) in [5.41, 5.74) is 1.90. The van der Waals surface area contributed by atoms with E-state index >= 15 is 0 Å². The van der Waals surface area contributed by atoms with Crippen LogP contribution in [0.4, 0.5) is 16.2 Å². The minimum absolute atomic E-state index is 0.0125. The smallest absolute Gasteiger partial charge is 0.408 e. The predicted octanol–water partition coefficient (Wildman–Crippen LogP) is 1.94. The van der Waals surface area contributed by atoms with Crippen LogP contribution in [0.3, 0.4) is 0 Å². The van der Waals surface area contributed by atoms with Gasteiger partial charge < -0.3 is 15.1 Å². The van der Waals surface area contributed by atoms with Crippen LogP contribution < -0.4 is 21.3 Å². The summed E-state index contributed by atoms with van der Waals surface area (Å²) in [5, 5.41) is 5.51. The standard InChI is InChI=1S/C23H25N5O6S/c29-21(25-16-3-5-17(6-4-16)27-14-10-24-22(27)30)9-13-28-19-8-7-18(15-20(19)34-23(28)31)35(32,33)26-11-1-2-12-26/h3-8,15H,1-2,9-14H2,(H,24,30)(H,25,29). The number of sulfonamides is 1. The first kappa shape index (κ1) is 23.1. The summed E-state index contributed by atoms with van der Waals surface area (Å²) >= 11 is 0. The maximum atomic E-state index is 12.8. The molecule has 2 fully saturated rings. The zero-order valence-corrected chi connectivity index (χ0v) is 19.7. The van der Waals surface area contributed by atoms with Crippen LogP contribution in [-0.2, 0) is 21.4 Å². The first-order chi connectivity index (χ1) is 16.8. The number of urea groups is 1. The van der Waals surface area contributed by atoms with Gasteiger partial charge in [0.15, 0.2) is 5.58 Å². The van der Waals surface area contributed by atoms with E-state index in [9.17, 15) is 22.8 Å². The zero-order chi connectivity index (χ0) is 24.6. The van der Waals surface area contributed by atoms with Crippen molar-refractivity contribution in [3.05, 3.63) is 53.0 Å². The predicted molar refractivity (Wildman–Crippen MR) is 129 cm³/mol. The minimum atomic E-state index is -3.63. The Balaban J connectivity index is 1.25. The van der Waals surface area contributed by atoms with E-state index in [1.54, 1.807) is 29.2 Å². The number of aryl methyl sites for hydroxylation is 1. The van der Waals surface area contributed by atoms with E-state index in [4.69, 9.17) is 4.42 Å². The molecule has 0 unspecified atom stereocenters. The Labute approximate surface area is 201 Å². The van der Waals surface area contributed by atoms with Crippen LogP contribution in [-0.4, -0.2) is 55.4 Å². The number of nitrogens with zero attached hydrogens (tertiary/aromatic N) is 3. The van der Waals surface area contributed by atoms with Crippen molar-refractivity contribution in [2.24, 2.45) is 0 Å². The van der Waals surface area contributed by atoms with Crippen molar-refractivity contribution in [1.29, 1.82) is 0 Å². The highest BCUT2D eigenvalue weighted by Crippen LogP contribution is 2.25. The molecule has 2 aromatic carbocycles. The second-order valence-corrected chi connectivity index (χ2v) is 10.4. The molecule has 2 saturated heterocycles. The van der Waals surface area contributed by atoms with Crippen LogP contribution in [0, 0.1) is 0 Å². The van der Waals surface area contributed by atoms with Crippen LogP contribution in [0.25, 0.3) is 11.1 Å². The average Bonchev–Trinajstić information content (AvgIpc) is 3.58. The Hall–Kier alpha value is -3.64. The molecule has 2 N–H and O–H groups in total. The first-order valence-corrected chi connectivity index (χ1v) is 12.9. The number of fused-ring (bicyclic) bond motifs is 1. The lowest BCUT2D eigenvalue weighted by molar-refractivity contribution is -0.116. The summed E-state index contributed by atoms with van der Waals surface area (Å²) in [6.45, 7) is 2.22. The molecule has 3 amide bonds. The maximum Gasteiger partial charge on any atom is 0.419 e. The molecule has 0 aliphatic carbocycles. The molecule has 5 rings (SSSR count). The molecule has 0 spiro atoms. The molecule has 184 valence electrons. The Morgan fingerprint density at radius 3 is 2.46 bits per heavy atom. The number of nitrogens with one attached hydrogen (secondary N) is 2. The molecule has 2 aliphatic heterocycles. The number of benzene rings is 2. The third-order valence-corrected chi connectivity index (χ3v) is 8.12. The summed E-state index contributed by atoms with van der Waals surface area (Å²) in [7, 11) is -3.63. The number of rotatable bonds is 7. The molecule has 0 atom stereocenters. The van der Waals surface area contributed by atoms with E-state index in [1.807, 2.05) is 0 Å². The van der Waals surface area contributed by atoms with Gasteiger partial charge in [-0.05, 0) is 49.2 Å². The molecule has 12 heteroatoms. The quantitative estimate of drug-likeness (QED) is 0.510. The molecule has 0 saturated carbocycles. The molecule has 0 radical (unpaired) electrons. The van der Waals surface area contributed by atoms with Crippen molar-refractivity contribution in [2.75, 3.05) is 36.4 Å². The third kappa shape index (κ3) is 4.54. The van der Waals surface area contributed by atoms with Gasteiger partial charge in [0.1, 0.15) is 0 Å². The number of hydrogen-bond donors (Lipinski definition) is 2. The van der Waals surface area contributed by atoms with E-state index in [0.717, 1.165) is 18.5 Å². The molecule has 3 aromatic rings. The Bertz CT molecular complexity index is 1440. The van der Waals surface area contributed by atoms with Gasteiger partial charge in [-0.3, -0.25) is 14.3 Å². The number of amides is 3. The van der Waals surface area contributed by atoms with Gasteiger partial charge in [0.05, 0.1) is 10.4 Å². The summed E-state index contributed by atoms with van der Waals surface area (Å²) < 4.78 is 33.6. The molecular weight excluding hydrogens is 474 g/mol. The number of anilines is 2. The van der Waals surface area contributed by atoms with Crippen molar-refractivity contribution < 1.29 is 22.4 Å². The number of oxazole rings is 1. The van der Waals surface area contributed by atoms with E-state index in [0.29, 0.717) is 37.4 Å². The molecular formula is C23H25N5O6S. The largest absolute Gasteiger partial charge is 0.419 e. The highest BCUT2D eigenvalue weighted by atomic mass is 32.2. The first-order valence-electron chi connectivity index (χ1n) is 11.4. The van der Waals surface area contributed by atoms with Crippen molar-refractivity contribution in [3.8, 4) is 0 Å². The van der Waals surface area contributed by atoms with Crippen LogP contribution in [0.5, 0.6) is 0 Å². The van der Waals surface area contributed by atoms with Crippen molar-refractivity contribution >= 4 is 44.4 Å². The number of carbonyl (C=O) groups excluding carboxylic acids is 2. The summed E-state index contributed by atoms with van der Waals surface area (Å²) in [6, 6.07) is 11.1. The summed E-state index contributed by atoms with van der Waals surface area (Å²) in [4.78, 5) is 38.3. The fraction of sp³-hybridized carbons (Fsp3) is 0.348. The molecule has 0 bridgehead atoms. The summed E-state index contributed by atoms with van der Waals surface area (Å²) in [5.74, 6) is -0.956. The van der Waals surface area contributed by atoms with Crippen LogP contribution in [0.1, 0.15) is 19.3 Å². The monoisotopic (exact) mass is 499 g/mol. The Kier molecular flexibility index (Phi) is 6.07. The molecule has 2 aliphatic rings. The Morgan fingerprint density at radius 2 is 1.77 bits per heavy atom. The fourth-order valence-electron chi connectivity index (χ4n) is 4.38.